The molecule has 0 amide bonds. The molecule has 0 bridgehead atoms. The SMILES string of the molecule is CCCN1CCN(C(C)C(O)c2ccc(OC)cc2)CC1. The summed E-state index contributed by atoms with van der Waals surface area (Å²) in [4.78, 5) is 4.89. The Morgan fingerprint density at radius 1 is 1.14 bits per heavy atom. The second-order valence-electron chi connectivity index (χ2n) is 5.84. The minimum atomic E-state index is -0.450. The molecule has 118 valence electrons. The third-order valence-corrected chi connectivity index (χ3v) is 4.44. The summed E-state index contributed by atoms with van der Waals surface area (Å²) in [6.07, 6.45) is 0.762. The van der Waals surface area contributed by atoms with Crippen LogP contribution in [0, 0.1) is 0 Å². The fourth-order valence-corrected chi connectivity index (χ4v) is 2.99. The first-order valence-corrected chi connectivity index (χ1v) is 7.94. The van der Waals surface area contributed by atoms with Crippen LogP contribution >= 0.6 is 0 Å². The van der Waals surface area contributed by atoms with Crippen molar-refractivity contribution in [3.05, 3.63) is 29.8 Å². The Labute approximate surface area is 128 Å². The highest BCUT2D eigenvalue weighted by atomic mass is 16.5. The van der Waals surface area contributed by atoms with Crippen molar-refractivity contribution in [2.75, 3.05) is 39.8 Å². The van der Waals surface area contributed by atoms with Crippen LogP contribution in [0.3, 0.4) is 0 Å². The van der Waals surface area contributed by atoms with Crippen molar-refractivity contribution < 1.29 is 9.84 Å². The maximum Gasteiger partial charge on any atom is 0.118 e. The Balaban J connectivity index is 1.91. The third-order valence-electron chi connectivity index (χ3n) is 4.44. The molecule has 2 unspecified atom stereocenters. The van der Waals surface area contributed by atoms with E-state index >= 15 is 0 Å². The van der Waals surface area contributed by atoms with Crippen molar-refractivity contribution in [1.29, 1.82) is 0 Å². The molecule has 0 saturated carbocycles. The fourth-order valence-electron chi connectivity index (χ4n) is 2.99. The van der Waals surface area contributed by atoms with Gasteiger partial charge < -0.3 is 14.7 Å². The summed E-state index contributed by atoms with van der Waals surface area (Å²) in [5.74, 6) is 0.826. The highest BCUT2D eigenvalue weighted by Crippen LogP contribution is 2.24. The van der Waals surface area contributed by atoms with E-state index in [-0.39, 0.29) is 6.04 Å². The molecule has 1 heterocycles. The quantitative estimate of drug-likeness (QED) is 0.871. The van der Waals surface area contributed by atoms with Gasteiger partial charge >= 0.3 is 0 Å². The summed E-state index contributed by atoms with van der Waals surface area (Å²) in [6, 6.07) is 7.86. The molecule has 1 aromatic carbocycles. The second-order valence-corrected chi connectivity index (χ2v) is 5.84. The smallest absolute Gasteiger partial charge is 0.118 e. The van der Waals surface area contributed by atoms with Crippen LogP contribution in [0.25, 0.3) is 0 Å². The summed E-state index contributed by atoms with van der Waals surface area (Å²) in [6.45, 7) is 9.81. The molecule has 1 fully saturated rings. The van der Waals surface area contributed by atoms with Crippen LogP contribution in [-0.4, -0.2) is 60.8 Å². The molecular formula is C17H28N2O2. The second kappa shape index (κ2) is 7.78. The van der Waals surface area contributed by atoms with Crippen LogP contribution in [0.4, 0.5) is 0 Å². The van der Waals surface area contributed by atoms with Gasteiger partial charge in [0.15, 0.2) is 0 Å². The number of rotatable bonds is 6. The number of aliphatic hydroxyl groups is 1. The zero-order valence-electron chi connectivity index (χ0n) is 13.5. The van der Waals surface area contributed by atoms with Gasteiger partial charge in [-0.25, -0.2) is 0 Å². The van der Waals surface area contributed by atoms with Gasteiger partial charge in [0, 0.05) is 32.2 Å². The number of hydrogen-bond donors (Lipinski definition) is 1. The molecule has 2 rings (SSSR count). The Bertz CT molecular complexity index is 413. The zero-order chi connectivity index (χ0) is 15.2. The Morgan fingerprint density at radius 2 is 1.76 bits per heavy atom. The number of piperazine rings is 1. The first kappa shape index (κ1) is 16.3. The maximum atomic E-state index is 10.6. The Morgan fingerprint density at radius 3 is 2.29 bits per heavy atom. The molecule has 21 heavy (non-hydrogen) atoms. The molecule has 1 aliphatic rings. The number of ether oxygens (including phenoxy) is 1. The molecule has 1 aromatic rings. The van der Waals surface area contributed by atoms with Crippen molar-refractivity contribution in [1.82, 2.24) is 9.80 Å². The molecule has 2 atom stereocenters. The lowest BCUT2D eigenvalue weighted by molar-refractivity contribution is 0.0262. The average Bonchev–Trinajstić information content (AvgIpc) is 2.54. The summed E-state index contributed by atoms with van der Waals surface area (Å²) >= 11 is 0. The summed E-state index contributed by atoms with van der Waals surface area (Å²) in [5, 5.41) is 10.6. The number of nitrogens with zero attached hydrogens (tertiary/aromatic N) is 2. The van der Waals surface area contributed by atoms with E-state index in [9.17, 15) is 5.11 Å². The molecule has 4 nitrogen and oxygen atoms in total. The number of benzene rings is 1. The summed E-state index contributed by atoms with van der Waals surface area (Å²) in [7, 11) is 1.66. The molecular weight excluding hydrogens is 264 g/mol. The lowest BCUT2D eigenvalue weighted by Crippen LogP contribution is -2.51. The van der Waals surface area contributed by atoms with Crippen molar-refractivity contribution in [3.63, 3.8) is 0 Å². The standard InChI is InChI=1S/C17H28N2O2/c1-4-9-18-10-12-19(13-11-18)14(2)17(20)15-5-7-16(21-3)8-6-15/h5-8,14,17,20H,4,9-13H2,1-3H3. The van der Waals surface area contributed by atoms with E-state index in [2.05, 4.69) is 23.6 Å². The van der Waals surface area contributed by atoms with Crippen LogP contribution in [-0.2, 0) is 0 Å². The number of aliphatic hydroxyl groups excluding tert-OH is 1. The van der Waals surface area contributed by atoms with E-state index in [0.717, 1.165) is 37.5 Å². The predicted molar refractivity (Wildman–Crippen MR) is 85.7 cm³/mol. The number of hydrogen-bond acceptors (Lipinski definition) is 4. The lowest BCUT2D eigenvalue weighted by atomic mass is 10.0. The van der Waals surface area contributed by atoms with E-state index < -0.39 is 6.10 Å². The molecule has 1 aliphatic heterocycles. The summed E-state index contributed by atoms with van der Waals surface area (Å²) < 4.78 is 5.16. The van der Waals surface area contributed by atoms with Gasteiger partial charge in [0.05, 0.1) is 13.2 Å². The molecule has 4 heteroatoms. The molecule has 0 radical (unpaired) electrons. The molecule has 0 spiro atoms. The predicted octanol–water partition coefficient (Wildman–Crippen LogP) is 2.14. The van der Waals surface area contributed by atoms with Gasteiger partial charge in [-0.05, 0) is 37.6 Å². The minimum Gasteiger partial charge on any atom is -0.497 e. The highest BCUT2D eigenvalue weighted by Gasteiger charge is 2.26. The number of methoxy groups -OCH3 is 1. The maximum absolute atomic E-state index is 10.6. The van der Waals surface area contributed by atoms with Crippen molar-refractivity contribution in [3.8, 4) is 5.75 Å². The molecule has 1 N–H and O–H groups in total. The average molecular weight is 292 g/mol. The first-order chi connectivity index (χ1) is 10.2. The van der Waals surface area contributed by atoms with Crippen LogP contribution in [0.1, 0.15) is 31.9 Å². The first-order valence-electron chi connectivity index (χ1n) is 7.94. The van der Waals surface area contributed by atoms with Crippen molar-refractivity contribution in [2.24, 2.45) is 0 Å². The summed E-state index contributed by atoms with van der Waals surface area (Å²) in [5.41, 5.74) is 0.958. The van der Waals surface area contributed by atoms with Gasteiger partial charge in [-0.2, -0.15) is 0 Å². The van der Waals surface area contributed by atoms with Gasteiger partial charge in [0.1, 0.15) is 5.75 Å². The largest absolute Gasteiger partial charge is 0.497 e. The Kier molecular flexibility index (Phi) is 6.03. The van der Waals surface area contributed by atoms with Crippen LogP contribution in [0.2, 0.25) is 0 Å². The molecule has 0 aliphatic carbocycles. The third kappa shape index (κ3) is 4.19. The van der Waals surface area contributed by atoms with E-state index in [1.165, 1.54) is 13.0 Å². The van der Waals surface area contributed by atoms with Crippen molar-refractivity contribution >= 4 is 0 Å². The fraction of sp³-hybridized carbons (Fsp3) is 0.647. The lowest BCUT2D eigenvalue weighted by Gasteiger charge is -2.39. The highest BCUT2D eigenvalue weighted by molar-refractivity contribution is 5.29. The minimum absolute atomic E-state index is 0.141. The molecule has 1 saturated heterocycles. The van der Waals surface area contributed by atoms with Gasteiger partial charge in [-0.3, -0.25) is 4.90 Å². The van der Waals surface area contributed by atoms with Gasteiger partial charge in [0.2, 0.25) is 0 Å². The van der Waals surface area contributed by atoms with Crippen LogP contribution in [0.15, 0.2) is 24.3 Å². The normalized spacial score (nSPS) is 20.2. The van der Waals surface area contributed by atoms with Gasteiger partial charge in [0.25, 0.3) is 0 Å². The zero-order valence-corrected chi connectivity index (χ0v) is 13.5. The van der Waals surface area contributed by atoms with Crippen molar-refractivity contribution in [2.45, 2.75) is 32.4 Å². The van der Waals surface area contributed by atoms with Crippen LogP contribution in [0.5, 0.6) is 5.75 Å². The van der Waals surface area contributed by atoms with E-state index in [1.807, 2.05) is 24.3 Å². The van der Waals surface area contributed by atoms with E-state index in [4.69, 9.17) is 4.74 Å². The topological polar surface area (TPSA) is 35.9 Å². The van der Waals surface area contributed by atoms with E-state index in [0.29, 0.717) is 0 Å². The van der Waals surface area contributed by atoms with Crippen LogP contribution < -0.4 is 4.74 Å². The molecule has 0 aromatic heterocycles. The van der Waals surface area contributed by atoms with Gasteiger partial charge in [-0.1, -0.05) is 19.1 Å². The van der Waals surface area contributed by atoms with Gasteiger partial charge in [-0.15, -0.1) is 0 Å². The monoisotopic (exact) mass is 292 g/mol. The Hall–Kier alpha value is -1.10. The van der Waals surface area contributed by atoms with E-state index in [1.54, 1.807) is 7.11 Å².